The number of hydrogen-bond acceptors (Lipinski definition) is 3. The highest BCUT2D eigenvalue weighted by Crippen LogP contribution is 2.28. The molecule has 1 amide bonds. The zero-order chi connectivity index (χ0) is 19.8. The van der Waals surface area contributed by atoms with Gasteiger partial charge in [0.2, 0.25) is 0 Å². The Morgan fingerprint density at radius 2 is 1.86 bits per heavy atom. The van der Waals surface area contributed by atoms with Gasteiger partial charge in [-0.05, 0) is 30.7 Å². The normalized spacial score (nSPS) is 15.5. The van der Waals surface area contributed by atoms with Gasteiger partial charge in [0, 0.05) is 26.1 Å². The molecular weight excluding hydrogens is 376 g/mol. The summed E-state index contributed by atoms with van der Waals surface area (Å²) in [5, 5.41) is 9.73. The van der Waals surface area contributed by atoms with Crippen molar-refractivity contribution in [3.8, 4) is 5.75 Å². The zero-order valence-electron chi connectivity index (χ0n) is 15.9. The Labute approximate surface area is 170 Å². The molecule has 3 rings (SSSR count). The Hall–Kier alpha value is -2.73. The summed E-state index contributed by atoms with van der Waals surface area (Å²) in [4.78, 5) is 16.8. The summed E-state index contributed by atoms with van der Waals surface area (Å²) in [6.45, 7) is 4.34. The molecule has 0 aliphatic carbocycles. The number of para-hydroxylation sites is 1. The molecule has 0 aromatic heterocycles. The molecule has 1 aliphatic heterocycles. The Balaban J connectivity index is 1.44. The van der Waals surface area contributed by atoms with Crippen molar-refractivity contribution in [2.75, 3.05) is 26.2 Å². The molecule has 0 fully saturated rings. The number of hydrogen-bond donors (Lipinski definition) is 3. The molecule has 0 saturated heterocycles. The number of nitrogens with one attached hydrogen (secondary N) is 3. The van der Waals surface area contributed by atoms with E-state index in [0.29, 0.717) is 36.2 Å². The van der Waals surface area contributed by atoms with Crippen molar-refractivity contribution in [1.29, 1.82) is 0 Å². The number of benzene rings is 2. The molecule has 1 unspecified atom stereocenters. The molecule has 1 atom stereocenters. The minimum Gasteiger partial charge on any atom is -0.488 e. The summed E-state index contributed by atoms with van der Waals surface area (Å²) in [7, 11) is 0. The molecule has 0 bridgehead atoms. The highest BCUT2D eigenvalue weighted by molar-refractivity contribution is 6.33. The predicted molar refractivity (Wildman–Crippen MR) is 112 cm³/mol. The van der Waals surface area contributed by atoms with Gasteiger partial charge in [0.25, 0.3) is 5.91 Å². The molecule has 0 saturated carbocycles. The molecular formula is C21H25ClN4O2. The van der Waals surface area contributed by atoms with Crippen LogP contribution in [0.4, 0.5) is 0 Å². The van der Waals surface area contributed by atoms with Crippen LogP contribution in [-0.2, 0) is 6.42 Å². The van der Waals surface area contributed by atoms with E-state index < -0.39 is 0 Å². The van der Waals surface area contributed by atoms with Crippen molar-refractivity contribution in [2.24, 2.45) is 4.99 Å². The van der Waals surface area contributed by atoms with Gasteiger partial charge in [0.05, 0.1) is 17.1 Å². The largest absolute Gasteiger partial charge is 0.488 e. The summed E-state index contributed by atoms with van der Waals surface area (Å²) in [5.74, 6) is 1.46. The van der Waals surface area contributed by atoms with E-state index in [2.05, 4.69) is 27.0 Å². The average molecular weight is 401 g/mol. The van der Waals surface area contributed by atoms with Crippen LogP contribution in [0.1, 0.15) is 22.8 Å². The number of ether oxygens (including phenoxy) is 1. The van der Waals surface area contributed by atoms with E-state index in [9.17, 15) is 4.79 Å². The second-order valence-corrected chi connectivity index (χ2v) is 6.84. The van der Waals surface area contributed by atoms with E-state index in [0.717, 1.165) is 18.7 Å². The molecule has 3 N–H and O–H groups in total. The van der Waals surface area contributed by atoms with Gasteiger partial charge in [0.1, 0.15) is 11.9 Å². The maximum absolute atomic E-state index is 12.2. The summed E-state index contributed by atoms with van der Waals surface area (Å²) in [5.41, 5.74) is 1.70. The van der Waals surface area contributed by atoms with Gasteiger partial charge in [-0.15, -0.1) is 0 Å². The maximum atomic E-state index is 12.2. The quantitative estimate of drug-likeness (QED) is 0.379. The molecule has 2 aromatic carbocycles. The summed E-state index contributed by atoms with van der Waals surface area (Å²) in [6, 6.07) is 15.1. The van der Waals surface area contributed by atoms with Crippen molar-refractivity contribution in [3.05, 3.63) is 64.7 Å². The second kappa shape index (κ2) is 9.99. The van der Waals surface area contributed by atoms with Crippen LogP contribution in [0.15, 0.2) is 53.5 Å². The average Bonchev–Trinajstić information content (AvgIpc) is 3.12. The lowest BCUT2D eigenvalue weighted by atomic mass is 10.1. The van der Waals surface area contributed by atoms with Gasteiger partial charge < -0.3 is 20.7 Å². The number of amides is 1. The van der Waals surface area contributed by atoms with Crippen LogP contribution in [0.5, 0.6) is 5.75 Å². The number of fused-ring (bicyclic) bond motifs is 1. The van der Waals surface area contributed by atoms with Crippen LogP contribution in [0.25, 0.3) is 0 Å². The summed E-state index contributed by atoms with van der Waals surface area (Å²) in [6.07, 6.45) is 0.917. The molecule has 7 heteroatoms. The lowest BCUT2D eigenvalue weighted by Crippen LogP contribution is -2.42. The molecule has 0 radical (unpaired) electrons. The number of aliphatic imine (C=N–C) groups is 1. The molecule has 6 nitrogen and oxygen atoms in total. The highest BCUT2D eigenvalue weighted by Gasteiger charge is 2.21. The van der Waals surface area contributed by atoms with E-state index in [1.54, 1.807) is 24.3 Å². The van der Waals surface area contributed by atoms with Crippen molar-refractivity contribution < 1.29 is 9.53 Å². The monoisotopic (exact) mass is 400 g/mol. The van der Waals surface area contributed by atoms with Gasteiger partial charge in [-0.2, -0.15) is 0 Å². The van der Waals surface area contributed by atoms with E-state index >= 15 is 0 Å². The summed E-state index contributed by atoms with van der Waals surface area (Å²) < 4.78 is 5.92. The SMILES string of the molecule is CCNC(=NCC1Cc2ccccc2O1)NCCNC(=O)c1ccccc1Cl. The topological polar surface area (TPSA) is 74.8 Å². The standard InChI is InChI=1S/C21H25ClN4O2/c1-2-23-21(26-14-16-13-15-7-3-6-10-19(15)28-16)25-12-11-24-20(27)17-8-4-5-9-18(17)22/h3-10,16H,2,11-14H2,1H3,(H,24,27)(H2,23,25,26). The van der Waals surface area contributed by atoms with Crippen LogP contribution in [0, 0.1) is 0 Å². The van der Waals surface area contributed by atoms with Gasteiger partial charge >= 0.3 is 0 Å². The summed E-state index contributed by atoms with van der Waals surface area (Å²) >= 11 is 6.04. The fourth-order valence-corrected chi connectivity index (χ4v) is 3.21. The molecule has 1 heterocycles. The van der Waals surface area contributed by atoms with Gasteiger partial charge in [-0.3, -0.25) is 4.79 Å². The van der Waals surface area contributed by atoms with Crippen LogP contribution in [0.2, 0.25) is 5.02 Å². The minimum atomic E-state index is -0.188. The van der Waals surface area contributed by atoms with Crippen molar-refractivity contribution >= 4 is 23.5 Å². The lowest BCUT2D eigenvalue weighted by molar-refractivity contribution is 0.0954. The number of carbonyl (C=O) groups excluding carboxylic acids is 1. The Morgan fingerprint density at radius 3 is 2.64 bits per heavy atom. The molecule has 0 spiro atoms. The number of guanidine groups is 1. The Kier molecular flexibility index (Phi) is 7.14. The van der Waals surface area contributed by atoms with E-state index in [-0.39, 0.29) is 12.0 Å². The van der Waals surface area contributed by atoms with E-state index in [1.807, 2.05) is 25.1 Å². The third-order valence-corrected chi connectivity index (χ3v) is 4.66. The molecule has 28 heavy (non-hydrogen) atoms. The van der Waals surface area contributed by atoms with Gasteiger partial charge in [0.15, 0.2) is 5.96 Å². The fraction of sp³-hybridized carbons (Fsp3) is 0.333. The van der Waals surface area contributed by atoms with Crippen LogP contribution in [-0.4, -0.2) is 44.1 Å². The number of rotatable bonds is 7. The van der Waals surface area contributed by atoms with Crippen molar-refractivity contribution in [2.45, 2.75) is 19.4 Å². The van der Waals surface area contributed by atoms with E-state index in [4.69, 9.17) is 16.3 Å². The van der Waals surface area contributed by atoms with Gasteiger partial charge in [-0.1, -0.05) is 41.9 Å². The fourth-order valence-electron chi connectivity index (χ4n) is 2.99. The predicted octanol–water partition coefficient (Wildman–Crippen LogP) is 2.63. The van der Waals surface area contributed by atoms with Crippen molar-refractivity contribution in [3.63, 3.8) is 0 Å². The van der Waals surface area contributed by atoms with Gasteiger partial charge in [-0.25, -0.2) is 4.99 Å². The first kappa shape index (κ1) is 20.0. The second-order valence-electron chi connectivity index (χ2n) is 6.43. The first-order valence-electron chi connectivity index (χ1n) is 9.47. The third-order valence-electron chi connectivity index (χ3n) is 4.33. The Bertz CT molecular complexity index is 816. The lowest BCUT2D eigenvalue weighted by Gasteiger charge is -2.14. The molecule has 2 aromatic rings. The van der Waals surface area contributed by atoms with Crippen LogP contribution >= 0.6 is 11.6 Å². The number of nitrogens with zero attached hydrogens (tertiary/aromatic N) is 1. The van der Waals surface area contributed by atoms with E-state index in [1.165, 1.54) is 5.56 Å². The first-order valence-corrected chi connectivity index (χ1v) is 9.84. The zero-order valence-corrected chi connectivity index (χ0v) is 16.6. The third kappa shape index (κ3) is 5.39. The van der Waals surface area contributed by atoms with Crippen LogP contribution in [0.3, 0.4) is 0 Å². The smallest absolute Gasteiger partial charge is 0.252 e. The number of carbonyl (C=O) groups is 1. The van der Waals surface area contributed by atoms with Crippen LogP contribution < -0.4 is 20.7 Å². The van der Waals surface area contributed by atoms with Crippen molar-refractivity contribution in [1.82, 2.24) is 16.0 Å². The first-order chi connectivity index (χ1) is 13.7. The molecule has 148 valence electrons. The molecule has 1 aliphatic rings. The highest BCUT2D eigenvalue weighted by atomic mass is 35.5. The number of halogens is 1. The Morgan fingerprint density at radius 1 is 1.11 bits per heavy atom. The minimum absolute atomic E-state index is 0.0489. The maximum Gasteiger partial charge on any atom is 0.252 e.